The molecule has 0 saturated heterocycles. The molecule has 1 atom stereocenters. The molecule has 2 aromatic carbocycles. The molecule has 184 valence electrons. The third-order valence-corrected chi connectivity index (χ3v) is 5.67. The van der Waals surface area contributed by atoms with Gasteiger partial charge < -0.3 is 24.6 Å². The molecule has 1 heterocycles. The zero-order valence-corrected chi connectivity index (χ0v) is 20.2. The lowest BCUT2D eigenvalue weighted by Gasteiger charge is -2.24. The fourth-order valence-electron chi connectivity index (χ4n) is 3.62. The molecule has 0 saturated carbocycles. The Bertz CT molecular complexity index is 1120. The van der Waals surface area contributed by atoms with E-state index >= 15 is 0 Å². The topological polar surface area (TPSA) is 94.1 Å². The van der Waals surface area contributed by atoms with Crippen molar-refractivity contribution in [2.45, 2.75) is 18.8 Å². The van der Waals surface area contributed by atoms with Crippen LogP contribution in [0.25, 0.3) is 0 Å². The van der Waals surface area contributed by atoms with Crippen LogP contribution in [-0.4, -0.2) is 43.9 Å². The molecule has 2 aromatic rings. The summed E-state index contributed by atoms with van der Waals surface area (Å²) in [5, 5.41) is 12.6. The van der Waals surface area contributed by atoms with Crippen LogP contribution >= 0.6 is 11.6 Å². The number of ether oxygens (including phenoxy) is 3. The minimum absolute atomic E-state index is 0.199. The van der Waals surface area contributed by atoms with Crippen LogP contribution in [0.15, 0.2) is 72.9 Å². The summed E-state index contributed by atoms with van der Waals surface area (Å²) in [5.74, 6) is -0.502. The second kappa shape index (κ2) is 12.8. The van der Waals surface area contributed by atoms with E-state index in [0.29, 0.717) is 61.0 Å². The molecule has 1 amide bonds. The Morgan fingerprint density at radius 1 is 1.29 bits per heavy atom. The number of hydrogen-bond donors (Lipinski definition) is 2. The van der Waals surface area contributed by atoms with Gasteiger partial charge in [-0.2, -0.15) is 0 Å². The maximum absolute atomic E-state index is 12.5. The second-order valence-corrected chi connectivity index (χ2v) is 8.22. The van der Waals surface area contributed by atoms with Gasteiger partial charge in [-0.1, -0.05) is 42.5 Å². The normalized spacial score (nSPS) is 15.3. The minimum Gasteiger partial charge on any atom is -0.493 e. The molecule has 0 aromatic heterocycles. The van der Waals surface area contributed by atoms with Gasteiger partial charge in [0.1, 0.15) is 17.2 Å². The molecule has 7 nitrogen and oxygen atoms in total. The van der Waals surface area contributed by atoms with Crippen LogP contribution < -0.4 is 14.8 Å². The van der Waals surface area contributed by atoms with Crippen LogP contribution in [0.3, 0.4) is 0 Å². The summed E-state index contributed by atoms with van der Waals surface area (Å²) < 4.78 is 16.5. The van der Waals surface area contributed by atoms with Gasteiger partial charge in [0, 0.05) is 30.8 Å². The van der Waals surface area contributed by atoms with E-state index in [0.717, 1.165) is 5.57 Å². The molecule has 1 aliphatic rings. The molecule has 0 fully saturated rings. The molecule has 0 bridgehead atoms. The van der Waals surface area contributed by atoms with Crippen molar-refractivity contribution < 1.29 is 28.9 Å². The number of halogens is 1. The molecule has 1 unspecified atom stereocenters. The van der Waals surface area contributed by atoms with E-state index in [1.807, 2.05) is 18.2 Å². The first-order chi connectivity index (χ1) is 16.9. The zero-order chi connectivity index (χ0) is 25.2. The Morgan fingerprint density at radius 3 is 2.74 bits per heavy atom. The second-order valence-electron chi connectivity index (χ2n) is 7.82. The number of rotatable bonds is 11. The monoisotopic (exact) mass is 497 g/mol. The molecule has 0 radical (unpaired) electrons. The number of carbonyl (C=O) groups is 2. The van der Waals surface area contributed by atoms with Gasteiger partial charge in [-0.15, -0.1) is 0 Å². The fourth-order valence-corrected chi connectivity index (χ4v) is 3.83. The molecule has 0 spiro atoms. The predicted octanol–water partition coefficient (Wildman–Crippen LogP) is 5.52. The predicted molar refractivity (Wildman–Crippen MR) is 135 cm³/mol. The number of benzene rings is 2. The number of carboxylic acid groups (broad SMARTS) is 1. The molecule has 35 heavy (non-hydrogen) atoms. The average Bonchev–Trinajstić information content (AvgIpc) is 2.84. The molecule has 3 rings (SSSR count). The molecule has 1 aliphatic heterocycles. The van der Waals surface area contributed by atoms with Crippen molar-refractivity contribution in [3.63, 3.8) is 0 Å². The van der Waals surface area contributed by atoms with Crippen LogP contribution in [0.1, 0.15) is 34.7 Å². The number of carbonyl (C=O) groups excluding carboxylic acids is 1. The van der Waals surface area contributed by atoms with Gasteiger partial charge in [0.25, 0.3) is 5.91 Å². The lowest BCUT2D eigenvalue weighted by atomic mass is 9.93. The molecule has 2 N–H and O–H groups in total. The number of fused-ring (bicyclic) bond motifs is 1. The highest BCUT2D eigenvalue weighted by Gasteiger charge is 2.29. The van der Waals surface area contributed by atoms with Crippen molar-refractivity contribution in [1.29, 1.82) is 0 Å². The summed E-state index contributed by atoms with van der Waals surface area (Å²) in [6.07, 6.45) is 8.49. The number of nitrogens with one attached hydrogen (secondary N) is 1. The first-order valence-corrected chi connectivity index (χ1v) is 11.5. The number of methoxy groups -OCH3 is 1. The van der Waals surface area contributed by atoms with Crippen LogP contribution in [0.2, 0.25) is 5.02 Å². The van der Waals surface area contributed by atoms with Crippen LogP contribution in [-0.2, 0) is 9.53 Å². The quantitative estimate of drug-likeness (QED) is 0.397. The van der Waals surface area contributed by atoms with E-state index in [1.165, 1.54) is 0 Å². The summed E-state index contributed by atoms with van der Waals surface area (Å²) in [6, 6.07) is 9.83. The highest BCUT2D eigenvalue weighted by atomic mass is 35.5. The SMILES string of the molecule is C=C/C=C(\C=C/COC)CCNC(=O)c1ccc(Oc2cc3c(cc2Cl)C(C(=O)O)CCO3)cc1. The van der Waals surface area contributed by atoms with Gasteiger partial charge >= 0.3 is 5.97 Å². The summed E-state index contributed by atoms with van der Waals surface area (Å²) in [6.45, 7) is 5.01. The zero-order valence-electron chi connectivity index (χ0n) is 19.5. The minimum atomic E-state index is -0.913. The van der Waals surface area contributed by atoms with Gasteiger partial charge in [0.2, 0.25) is 0 Å². The molecular formula is C27H28ClNO6. The van der Waals surface area contributed by atoms with Crippen molar-refractivity contribution in [3.05, 3.63) is 89.0 Å². The largest absolute Gasteiger partial charge is 0.493 e. The highest BCUT2D eigenvalue weighted by molar-refractivity contribution is 6.32. The maximum Gasteiger partial charge on any atom is 0.311 e. The van der Waals surface area contributed by atoms with Gasteiger partial charge in [-0.3, -0.25) is 9.59 Å². The lowest BCUT2D eigenvalue weighted by molar-refractivity contribution is -0.139. The van der Waals surface area contributed by atoms with E-state index < -0.39 is 11.9 Å². The Morgan fingerprint density at radius 2 is 2.06 bits per heavy atom. The molecule has 0 aliphatic carbocycles. The highest BCUT2D eigenvalue weighted by Crippen LogP contribution is 2.41. The smallest absolute Gasteiger partial charge is 0.311 e. The molecular weight excluding hydrogens is 470 g/mol. The van der Waals surface area contributed by atoms with Crippen molar-refractivity contribution in [2.24, 2.45) is 0 Å². The number of allylic oxidation sites excluding steroid dienone is 3. The Labute approximate surface area is 209 Å². The van der Waals surface area contributed by atoms with Crippen molar-refractivity contribution >= 4 is 23.5 Å². The van der Waals surface area contributed by atoms with E-state index in [4.69, 9.17) is 25.8 Å². The number of aliphatic carboxylic acids is 1. The Hall–Kier alpha value is -3.55. The first kappa shape index (κ1) is 26.1. The average molecular weight is 498 g/mol. The number of amides is 1. The summed E-state index contributed by atoms with van der Waals surface area (Å²) >= 11 is 6.35. The van der Waals surface area contributed by atoms with Crippen molar-refractivity contribution in [3.8, 4) is 17.2 Å². The summed E-state index contributed by atoms with van der Waals surface area (Å²) in [7, 11) is 1.63. The van der Waals surface area contributed by atoms with Crippen LogP contribution in [0, 0.1) is 0 Å². The van der Waals surface area contributed by atoms with Gasteiger partial charge in [0.15, 0.2) is 0 Å². The fraction of sp³-hybridized carbons (Fsp3) is 0.259. The van der Waals surface area contributed by atoms with Gasteiger partial charge in [-0.05, 0) is 48.7 Å². The third-order valence-electron chi connectivity index (χ3n) is 5.37. The van der Waals surface area contributed by atoms with Crippen molar-refractivity contribution in [2.75, 3.05) is 26.9 Å². The lowest BCUT2D eigenvalue weighted by Crippen LogP contribution is -2.24. The standard InChI is InChI=1S/C27H28ClNO6/c1-3-5-18(6-4-14-33-2)11-13-29-26(30)19-7-9-20(10-8-19)35-25-17-24-22(16-23(25)28)21(27(31)32)12-15-34-24/h3-10,16-17,21H,1,11-15H2,2H3,(H,29,30)(H,31,32)/b6-4-,18-5+. The Kier molecular flexibility index (Phi) is 9.52. The van der Waals surface area contributed by atoms with E-state index in [9.17, 15) is 14.7 Å². The Balaban J connectivity index is 1.60. The van der Waals surface area contributed by atoms with E-state index in [2.05, 4.69) is 11.9 Å². The number of carboxylic acids is 1. The van der Waals surface area contributed by atoms with Crippen molar-refractivity contribution in [1.82, 2.24) is 5.32 Å². The molecule has 8 heteroatoms. The maximum atomic E-state index is 12.5. The third kappa shape index (κ3) is 7.21. The number of hydrogen-bond acceptors (Lipinski definition) is 5. The first-order valence-electron chi connectivity index (χ1n) is 11.1. The van der Waals surface area contributed by atoms with E-state index in [-0.39, 0.29) is 10.9 Å². The van der Waals surface area contributed by atoms with E-state index in [1.54, 1.807) is 49.6 Å². The van der Waals surface area contributed by atoms with Crippen LogP contribution in [0.4, 0.5) is 0 Å². The van der Waals surface area contributed by atoms with Gasteiger partial charge in [0.05, 0.1) is 24.2 Å². The summed E-state index contributed by atoms with van der Waals surface area (Å²) in [4.78, 5) is 24.0. The van der Waals surface area contributed by atoms with Gasteiger partial charge in [-0.25, -0.2) is 0 Å². The van der Waals surface area contributed by atoms with Crippen LogP contribution in [0.5, 0.6) is 17.2 Å². The summed E-state index contributed by atoms with van der Waals surface area (Å²) in [5.41, 5.74) is 2.06.